The smallest absolute Gasteiger partial charge is 0.306 e. The molecule has 1 aliphatic heterocycles. The fraction of sp³-hybridized carbons (Fsp3) is 0.889. The molecule has 1 fully saturated rings. The van der Waals surface area contributed by atoms with Crippen LogP contribution in [-0.4, -0.2) is 60.4 Å². The largest absolute Gasteiger partial charge is 0.457 e. The van der Waals surface area contributed by atoms with E-state index in [1.54, 1.807) is 6.08 Å². The standard InChI is InChI=1S/C27H50O6/c1-3-5-6-7-8-9-10-11-12-13-14-15-16-17-18-19-25(30)33-26-23(29)22-32-27(26)24(21-28)31-20-4-2/h4,23-24,26-29H,2-3,5-22H2,1H3/t23-,24+,26+,27+/m0/s1. The van der Waals surface area contributed by atoms with Crippen molar-refractivity contribution in [3.63, 3.8) is 0 Å². The molecule has 6 heteroatoms. The van der Waals surface area contributed by atoms with E-state index in [1.807, 2.05) is 0 Å². The number of aliphatic hydroxyl groups excluding tert-OH is 2. The maximum Gasteiger partial charge on any atom is 0.306 e. The van der Waals surface area contributed by atoms with Gasteiger partial charge in [-0.2, -0.15) is 0 Å². The monoisotopic (exact) mass is 470 g/mol. The molecule has 0 aromatic rings. The predicted molar refractivity (Wildman–Crippen MR) is 132 cm³/mol. The molecule has 0 bridgehead atoms. The Morgan fingerprint density at radius 3 is 1.97 bits per heavy atom. The van der Waals surface area contributed by atoms with Gasteiger partial charge in [-0.1, -0.05) is 103 Å². The topological polar surface area (TPSA) is 85.2 Å². The number of hydrogen-bond donors (Lipinski definition) is 2. The second-order valence-corrected chi connectivity index (χ2v) is 9.36. The fourth-order valence-corrected chi connectivity index (χ4v) is 4.38. The molecule has 0 spiro atoms. The zero-order valence-electron chi connectivity index (χ0n) is 21.1. The molecule has 2 N–H and O–H groups in total. The van der Waals surface area contributed by atoms with Gasteiger partial charge >= 0.3 is 5.97 Å². The number of carbonyl (C=O) groups is 1. The molecule has 33 heavy (non-hydrogen) atoms. The summed E-state index contributed by atoms with van der Waals surface area (Å²) in [4.78, 5) is 12.2. The van der Waals surface area contributed by atoms with E-state index in [2.05, 4.69) is 13.5 Å². The highest BCUT2D eigenvalue weighted by Crippen LogP contribution is 2.23. The molecule has 0 radical (unpaired) electrons. The van der Waals surface area contributed by atoms with Gasteiger partial charge in [0.25, 0.3) is 0 Å². The van der Waals surface area contributed by atoms with Gasteiger partial charge in [-0.3, -0.25) is 4.79 Å². The molecular weight excluding hydrogens is 420 g/mol. The number of ether oxygens (including phenoxy) is 3. The van der Waals surface area contributed by atoms with E-state index in [0.29, 0.717) is 6.42 Å². The molecule has 0 amide bonds. The first-order valence-corrected chi connectivity index (χ1v) is 13.5. The lowest BCUT2D eigenvalue weighted by atomic mass is 10.0. The van der Waals surface area contributed by atoms with E-state index < -0.39 is 24.4 Å². The van der Waals surface area contributed by atoms with Crippen molar-refractivity contribution in [1.82, 2.24) is 0 Å². The van der Waals surface area contributed by atoms with Crippen LogP contribution >= 0.6 is 0 Å². The normalized spacial score (nSPS) is 21.2. The van der Waals surface area contributed by atoms with Crippen molar-refractivity contribution in [3.8, 4) is 0 Å². The Labute approximate surface area is 202 Å². The summed E-state index contributed by atoms with van der Waals surface area (Å²) in [5.41, 5.74) is 0. The van der Waals surface area contributed by atoms with Gasteiger partial charge in [0.1, 0.15) is 18.3 Å². The SMILES string of the molecule is C=CCO[C@H](CO)[C@H]1OC[C@H](O)[C@H]1OC(=O)CCCCCCCCCCCCCCCCC. The molecule has 0 aliphatic carbocycles. The highest BCUT2D eigenvalue weighted by molar-refractivity contribution is 5.69. The summed E-state index contributed by atoms with van der Waals surface area (Å²) in [5, 5.41) is 19.7. The van der Waals surface area contributed by atoms with Crippen LogP contribution in [0.1, 0.15) is 110 Å². The predicted octanol–water partition coefficient (Wildman–Crippen LogP) is 5.48. The van der Waals surface area contributed by atoms with Gasteiger partial charge in [0, 0.05) is 6.42 Å². The molecule has 6 nitrogen and oxygen atoms in total. The quantitative estimate of drug-likeness (QED) is 0.124. The van der Waals surface area contributed by atoms with Gasteiger partial charge in [0.05, 0.1) is 19.8 Å². The Morgan fingerprint density at radius 2 is 1.48 bits per heavy atom. The van der Waals surface area contributed by atoms with Crippen LogP contribution in [0, 0.1) is 0 Å². The van der Waals surface area contributed by atoms with Gasteiger partial charge in [-0.25, -0.2) is 0 Å². The zero-order valence-corrected chi connectivity index (χ0v) is 21.1. The lowest BCUT2D eigenvalue weighted by Crippen LogP contribution is -2.44. The number of carbonyl (C=O) groups excluding carboxylic acids is 1. The van der Waals surface area contributed by atoms with Crippen LogP contribution in [0.25, 0.3) is 0 Å². The average molecular weight is 471 g/mol. The van der Waals surface area contributed by atoms with Crippen molar-refractivity contribution in [3.05, 3.63) is 12.7 Å². The Hall–Kier alpha value is -0.950. The van der Waals surface area contributed by atoms with Crippen molar-refractivity contribution in [2.45, 2.75) is 134 Å². The average Bonchev–Trinajstić information content (AvgIpc) is 3.17. The first-order chi connectivity index (χ1) is 16.1. The summed E-state index contributed by atoms with van der Waals surface area (Å²) >= 11 is 0. The van der Waals surface area contributed by atoms with Crippen molar-refractivity contribution >= 4 is 5.97 Å². The molecule has 0 saturated carbocycles. The number of esters is 1. The van der Waals surface area contributed by atoms with Crippen LogP contribution in [0.3, 0.4) is 0 Å². The number of unbranched alkanes of at least 4 members (excludes halogenated alkanes) is 14. The minimum atomic E-state index is -0.901. The molecule has 1 aliphatic rings. The second-order valence-electron chi connectivity index (χ2n) is 9.36. The third-order valence-electron chi connectivity index (χ3n) is 6.39. The van der Waals surface area contributed by atoms with E-state index in [-0.39, 0.29) is 25.8 Å². The maximum absolute atomic E-state index is 12.2. The third kappa shape index (κ3) is 14.1. The summed E-state index contributed by atoms with van der Waals surface area (Å²) in [5.74, 6) is -0.329. The molecule has 1 saturated heterocycles. The van der Waals surface area contributed by atoms with Crippen molar-refractivity contribution in [2.24, 2.45) is 0 Å². The van der Waals surface area contributed by atoms with Crippen LogP contribution < -0.4 is 0 Å². The van der Waals surface area contributed by atoms with E-state index in [1.165, 1.54) is 77.0 Å². The highest BCUT2D eigenvalue weighted by atomic mass is 16.6. The Morgan fingerprint density at radius 1 is 0.970 bits per heavy atom. The Kier molecular flexibility index (Phi) is 18.6. The van der Waals surface area contributed by atoms with Gasteiger partial charge in [-0.05, 0) is 6.42 Å². The van der Waals surface area contributed by atoms with Crippen LogP contribution in [0.15, 0.2) is 12.7 Å². The molecule has 0 aromatic heterocycles. The van der Waals surface area contributed by atoms with Gasteiger partial charge in [0.2, 0.25) is 0 Å². The first kappa shape index (κ1) is 30.1. The van der Waals surface area contributed by atoms with Crippen LogP contribution in [0.2, 0.25) is 0 Å². The Bertz CT molecular complexity index is 483. The summed E-state index contributed by atoms with van der Waals surface area (Å²) in [6, 6.07) is 0. The fourth-order valence-electron chi connectivity index (χ4n) is 4.38. The zero-order chi connectivity index (χ0) is 24.2. The molecule has 4 atom stereocenters. The van der Waals surface area contributed by atoms with E-state index in [0.717, 1.165) is 19.3 Å². The van der Waals surface area contributed by atoms with Crippen molar-refractivity contribution < 1.29 is 29.2 Å². The lowest BCUT2D eigenvalue weighted by Gasteiger charge is -2.26. The van der Waals surface area contributed by atoms with E-state index in [4.69, 9.17) is 14.2 Å². The van der Waals surface area contributed by atoms with E-state index in [9.17, 15) is 15.0 Å². The molecule has 1 rings (SSSR count). The van der Waals surface area contributed by atoms with Crippen molar-refractivity contribution in [1.29, 1.82) is 0 Å². The summed E-state index contributed by atoms with van der Waals surface area (Å²) in [6.07, 6.45) is 18.1. The minimum absolute atomic E-state index is 0.0650. The van der Waals surface area contributed by atoms with Crippen LogP contribution in [0.5, 0.6) is 0 Å². The number of hydrogen-bond acceptors (Lipinski definition) is 6. The molecule has 0 aromatic carbocycles. The second kappa shape index (κ2) is 20.4. The van der Waals surface area contributed by atoms with Crippen LogP contribution in [0.4, 0.5) is 0 Å². The first-order valence-electron chi connectivity index (χ1n) is 13.5. The number of rotatable bonds is 22. The highest BCUT2D eigenvalue weighted by Gasteiger charge is 2.43. The third-order valence-corrected chi connectivity index (χ3v) is 6.39. The van der Waals surface area contributed by atoms with Gasteiger partial charge in [-0.15, -0.1) is 6.58 Å². The lowest BCUT2D eigenvalue weighted by molar-refractivity contribution is -0.162. The summed E-state index contributed by atoms with van der Waals surface area (Å²) in [7, 11) is 0. The van der Waals surface area contributed by atoms with Gasteiger partial charge < -0.3 is 24.4 Å². The van der Waals surface area contributed by atoms with Crippen LogP contribution in [-0.2, 0) is 19.0 Å². The molecule has 1 heterocycles. The van der Waals surface area contributed by atoms with Crippen molar-refractivity contribution in [2.75, 3.05) is 19.8 Å². The summed E-state index contributed by atoms with van der Waals surface area (Å²) in [6.45, 7) is 5.88. The molecule has 0 unspecified atom stereocenters. The minimum Gasteiger partial charge on any atom is -0.457 e. The Balaban J connectivity index is 2.02. The molecule has 194 valence electrons. The summed E-state index contributed by atoms with van der Waals surface area (Å²) < 4.78 is 16.5. The maximum atomic E-state index is 12.2. The van der Waals surface area contributed by atoms with E-state index >= 15 is 0 Å². The number of aliphatic hydroxyl groups is 2. The molecular formula is C27H50O6. The van der Waals surface area contributed by atoms with Gasteiger partial charge in [0.15, 0.2) is 6.10 Å².